The van der Waals surface area contributed by atoms with E-state index in [0.29, 0.717) is 41.6 Å². The van der Waals surface area contributed by atoms with Gasteiger partial charge in [-0.3, -0.25) is 4.79 Å². The molecule has 0 aliphatic heterocycles. The number of methoxy groups -OCH3 is 3. The van der Waals surface area contributed by atoms with Crippen molar-refractivity contribution in [1.29, 1.82) is 0 Å². The number of H-pyrrole nitrogens is 1. The van der Waals surface area contributed by atoms with Gasteiger partial charge in [-0.1, -0.05) is 18.2 Å². The molecule has 1 amide bonds. The summed E-state index contributed by atoms with van der Waals surface area (Å²) in [7, 11) is 6.41. The molecule has 7 heteroatoms. The lowest BCUT2D eigenvalue weighted by molar-refractivity contribution is 0.0769. The second-order valence-electron chi connectivity index (χ2n) is 6.17. The summed E-state index contributed by atoms with van der Waals surface area (Å²) in [5.74, 6) is 2.26. The third-order valence-electron chi connectivity index (χ3n) is 4.46. The molecule has 0 fully saturated rings. The van der Waals surface area contributed by atoms with E-state index in [1.165, 1.54) is 0 Å². The summed E-state index contributed by atoms with van der Waals surface area (Å²) in [5, 5.41) is 0.748. The number of likely N-dealkylation sites (N-methyl/N-ethyl adjacent to an activating group) is 1. The maximum atomic E-state index is 12.8. The van der Waals surface area contributed by atoms with Crippen molar-refractivity contribution < 1.29 is 23.7 Å². The molecule has 3 aromatic rings. The van der Waals surface area contributed by atoms with Crippen LogP contribution in [-0.2, 0) is 0 Å². The highest BCUT2D eigenvalue weighted by molar-refractivity contribution is 6.02. The average molecular weight is 384 g/mol. The molecule has 0 saturated heterocycles. The Labute approximate surface area is 163 Å². The van der Waals surface area contributed by atoms with Crippen LogP contribution in [0.25, 0.3) is 10.9 Å². The zero-order valence-corrected chi connectivity index (χ0v) is 16.4. The lowest BCUT2D eigenvalue weighted by atomic mass is 10.2. The number of carbonyl (C=O) groups is 1. The van der Waals surface area contributed by atoms with Crippen LogP contribution in [0, 0.1) is 0 Å². The van der Waals surface area contributed by atoms with Gasteiger partial charge in [0.05, 0.1) is 33.4 Å². The number of benzene rings is 2. The molecule has 28 heavy (non-hydrogen) atoms. The summed E-state index contributed by atoms with van der Waals surface area (Å²) < 4.78 is 21.9. The highest BCUT2D eigenvalue weighted by Crippen LogP contribution is 2.41. The van der Waals surface area contributed by atoms with E-state index >= 15 is 0 Å². The van der Waals surface area contributed by atoms with E-state index in [4.69, 9.17) is 18.9 Å². The molecular weight excluding hydrogens is 360 g/mol. The largest absolute Gasteiger partial charge is 0.496 e. The number of ether oxygens (including phenoxy) is 4. The average Bonchev–Trinajstić information content (AvgIpc) is 3.17. The zero-order valence-electron chi connectivity index (χ0n) is 16.4. The van der Waals surface area contributed by atoms with Crippen LogP contribution in [0.2, 0.25) is 0 Å². The fourth-order valence-electron chi connectivity index (χ4n) is 2.98. The Morgan fingerprint density at radius 3 is 2.36 bits per heavy atom. The van der Waals surface area contributed by atoms with Crippen LogP contribution < -0.4 is 18.9 Å². The number of aromatic nitrogens is 1. The lowest BCUT2D eigenvalue weighted by Gasteiger charge is -2.16. The minimum Gasteiger partial charge on any atom is -0.496 e. The molecule has 0 aliphatic carbocycles. The van der Waals surface area contributed by atoms with Crippen LogP contribution in [0.4, 0.5) is 0 Å². The minimum absolute atomic E-state index is 0.157. The van der Waals surface area contributed by atoms with Gasteiger partial charge in [0.25, 0.3) is 5.91 Å². The first-order valence-corrected chi connectivity index (χ1v) is 8.84. The van der Waals surface area contributed by atoms with Crippen molar-refractivity contribution in [1.82, 2.24) is 9.88 Å². The highest BCUT2D eigenvalue weighted by atomic mass is 16.5. The Kier molecular flexibility index (Phi) is 5.93. The van der Waals surface area contributed by atoms with Crippen molar-refractivity contribution in [3.05, 3.63) is 48.2 Å². The molecule has 148 valence electrons. The molecule has 1 aromatic heterocycles. The molecule has 3 rings (SSSR count). The normalized spacial score (nSPS) is 10.6. The Morgan fingerprint density at radius 2 is 1.71 bits per heavy atom. The Hall–Kier alpha value is -3.35. The number of fused-ring (bicyclic) bond motifs is 1. The molecule has 1 heterocycles. The maximum absolute atomic E-state index is 12.8. The Morgan fingerprint density at radius 1 is 1.00 bits per heavy atom. The topological polar surface area (TPSA) is 73.0 Å². The van der Waals surface area contributed by atoms with Crippen molar-refractivity contribution >= 4 is 16.8 Å². The fourth-order valence-corrected chi connectivity index (χ4v) is 2.98. The van der Waals surface area contributed by atoms with E-state index < -0.39 is 0 Å². The van der Waals surface area contributed by atoms with Crippen LogP contribution in [0.1, 0.15) is 10.5 Å². The van der Waals surface area contributed by atoms with E-state index in [9.17, 15) is 4.79 Å². The number of nitrogens with one attached hydrogen (secondary N) is 1. The van der Waals surface area contributed by atoms with Crippen LogP contribution in [0.5, 0.6) is 23.0 Å². The number of carbonyl (C=O) groups excluding carboxylic acids is 1. The lowest BCUT2D eigenvalue weighted by Crippen LogP contribution is -2.31. The molecule has 0 bridgehead atoms. The summed E-state index contributed by atoms with van der Waals surface area (Å²) in [6.07, 6.45) is 0. The molecule has 0 saturated carbocycles. The molecular formula is C21H24N2O5. The minimum atomic E-state index is -0.157. The smallest absolute Gasteiger partial charge is 0.270 e. The van der Waals surface area contributed by atoms with Crippen LogP contribution in [0.3, 0.4) is 0 Å². The predicted octanol–water partition coefficient (Wildman–Crippen LogP) is 3.34. The summed E-state index contributed by atoms with van der Waals surface area (Å²) in [5.41, 5.74) is 1.08. The van der Waals surface area contributed by atoms with E-state index in [1.807, 2.05) is 30.3 Å². The van der Waals surface area contributed by atoms with E-state index in [1.54, 1.807) is 45.4 Å². The summed E-state index contributed by atoms with van der Waals surface area (Å²) in [6.45, 7) is 0.841. The monoisotopic (exact) mass is 384 g/mol. The van der Waals surface area contributed by atoms with Crippen LogP contribution in [0.15, 0.2) is 42.5 Å². The van der Waals surface area contributed by atoms with E-state index in [2.05, 4.69) is 4.98 Å². The van der Waals surface area contributed by atoms with Gasteiger partial charge in [-0.2, -0.15) is 0 Å². The van der Waals surface area contributed by atoms with E-state index in [-0.39, 0.29) is 5.91 Å². The van der Waals surface area contributed by atoms with Gasteiger partial charge in [0.2, 0.25) is 0 Å². The highest BCUT2D eigenvalue weighted by Gasteiger charge is 2.21. The van der Waals surface area contributed by atoms with Crippen molar-refractivity contribution in [2.75, 3.05) is 41.5 Å². The number of nitrogens with zero attached hydrogens (tertiary/aromatic N) is 1. The molecule has 1 N–H and O–H groups in total. The van der Waals surface area contributed by atoms with Crippen molar-refractivity contribution in [2.45, 2.75) is 0 Å². The standard InChI is InChI=1S/C21H24N2O5/c1-23(10-11-28-14-8-6-5-7-9-14)21(24)16-12-15-17(25-2)13-18(26-3)20(27-4)19(15)22-16/h5-9,12-13,22H,10-11H2,1-4H3. The maximum Gasteiger partial charge on any atom is 0.270 e. The SMILES string of the molecule is COc1cc(OC)c2cc(C(=O)N(C)CCOc3ccccc3)[nH]c2c1OC. The Bertz CT molecular complexity index is 952. The summed E-state index contributed by atoms with van der Waals surface area (Å²) in [4.78, 5) is 17.6. The van der Waals surface area contributed by atoms with Gasteiger partial charge >= 0.3 is 0 Å². The number of hydrogen-bond acceptors (Lipinski definition) is 5. The quantitative estimate of drug-likeness (QED) is 0.645. The predicted molar refractivity (Wildman–Crippen MR) is 107 cm³/mol. The van der Waals surface area contributed by atoms with Crippen molar-refractivity contribution in [3.63, 3.8) is 0 Å². The fraction of sp³-hybridized carbons (Fsp3) is 0.286. The number of aromatic amines is 1. The van der Waals surface area contributed by atoms with Gasteiger partial charge in [0.15, 0.2) is 11.5 Å². The summed E-state index contributed by atoms with van der Waals surface area (Å²) in [6, 6.07) is 13.0. The van der Waals surface area contributed by atoms with Gasteiger partial charge in [-0.15, -0.1) is 0 Å². The van der Waals surface area contributed by atoms with Crippen molar-refractivity contribution in [2.24, 2.45) is 0 Å². The van der Waals surface area contributed by atoms with Crippen LogP contribution >= 0.6 is 0 Å². The first-order valence-electron chi connectivity index (χ1n) is 8.84. The Balaban J connectivity index is 1.79. The van der Waals surface area contributed by atoms with Crippen molar-refractivity contribution in [3.8, 4) is 23.0 Å². The summed E-state index contributed by atoms with van der Waals surface area (Å²) >= 11 is 0. The molecule has 7 nitrogen and oxygen atoms in total. The van der Waals surface area contributed by atoms with Gasteiger partial charge in [0, 0.05) is 18.5 Å². The van der Waals surface area contributed by atoms with Gasteiger partial charge in [-0.25, -0.2) is 0 Å². The first-order chi connectivity index (χ1) is 13.6. The van der Waals surface area contributed by atoms with Gasteiger partial charge < -0.3 is 28.8 Å². The first kappa shape index (κ1) is 19.4. The molecule has 0 unspecified atom stereocenters. The number of hydrogen-bond donors (Lipinski definition) is 1. The second kappa shape index (κ2) is 8.56. The van der Waals surface area contributed by atoms with E-state index in [0.717, 1.165) is 11.1 Å². The molecule has 2 aromatic carbocycles. The molecule has 0 aliphatic rings. The third-order valence-corrected chi connectivity index (χ3v) is 4.46. The second-order valence-corrected chi connectivity index (χ2v) is 6.17. The number of para-hydroxylation sites is 1. The van der Waals surface area contributed by atoms with Gasteiger partial charge in [-0.05, 0) is 18.2 Å². The number of rotatable bonds is 8. The molecule has 0 atom stereocenters. The number of amides is 1. The zero-order chi connectivity index (χ0) is 20.1. The molecule has 0 radical (unpaired) electrons. The van der Waals surface area contributed by atoms with Crippen LogP contribution in [-0.4, -0.2) is 57.3 Å². The van der Waals surface area contributed by atoms with Gasteiger partial charge in [0.1, 0.15) is 23.8 Å². The third kappa shape index (κ3) is 3.83. The molecule has 0 spiro atoms.